The highest BCUT2D eigenvalue weighted by atomic mass is 16.3. The average molecular weight is 322 g/mol. The van der Waals surface area contributed by atoms with Crippen molar-refractivity contribution in [3.63, 3.8) is 0 Å². The summed E-state index contributed by atoms with van der Waals surface area (Å²) in [5.41, 5.74) is 5.97. The summed E-state index contributed by atoms with van der Waals surface area (Å²) in [5, 5.41) is 11.8. The van der Waals surface area contributed by atoms with E-state index in [9.17, 15) is 5.11 Å². The van der Waals surface area contributed by atoms with Crippen LogP contribution in [0, 0.1) is 0 Å². The van der Waals surface area contributed by atoms with Crippen LogP contribution in [0.25, 0.3) is 10.9 Å². The van der Waals surface area contributed by atoms with Crippen molar-refractivity contribution < 1.29 is 5.11 Å². The van der Waals surface area contributed by atoms with Gasteiger partial charge in [-0.1, -0.05) is 0 Å². The van der Waals surface area contributed by atoms with Gasteiger partial charge in [0.2, 0.25) is 0 Å². The number of aliphatic hydroxyl groups is 1. The van der Waals surface area contributed by atoms with Crippen molar-refractivity contribution in [2.75, 3.05) is 13.6 Å². The Labute approximate surface area is 141 Å². The van der Waals surface area contributed by atoms with E-state index in [1.165, 1.54) is 22.2 Å². The van der Waals surface area contributed by atoms with Crippen LogP contribution in [-0.4, -0.2) is 38.1 Å². The lowest BCUT2D eigenvalue weighted by molar-refractivity contribution is 0.178. The minimum Gasteiger partial charge on any atom is -0.388 e. The van der Waals surface area contributed by atoms with E-state index in [0.29, 0.717) is 6.42 Å². The summed E-state index contributed by atoms with van der Waals surface area (Å²) in [5.74, 6) is 0. The summed E-state index contributed by atoms with van der Waals surface area (Å²) >= 11 is 0. The second-order valence-corrected chi connectivity index (χ2v) is 6.67. The maximum Gasteiger partial charge on any atom is 0.0832 e. The number of aliphatic hydroxyl groups excluding tert-OH is 1. The highest BCUT2D eigenvalue weighted by Gasteiger charge is 2.23. The molecule has 4 rings (SSSR count). The topological polar surface area (TPSA) is 54.2 Å². The second kappa shape index (κ2) is 6.00. The Morgan fingerprint density at radius 1 is 1.17 bits per heavy atom. The molecule has 1 unspecified atom stereocenters. The largest absolute Gasteiger partial charge is 0.388 e. The molecule has 1 atom stereocenters. The highest BCUT2D eigenvalue weighted by molar-refractivity contribution is 5.87. The summed E-state index contributed by atoms with van der Waals surface area (Å²) < 4.78 is 2.30. The van der Waals surface area contributed by atoms with E-state index in [-0.39, 0.29) is 0 Å². The molecule has 0 amide bonds. The van der Waals surface area contributed by atoms with Crippen molar-refractivity contribution in [2.45, 2.75) is 25.5 Å². The minimum absolute atomic E-state index is 0.546. The van der Waals surface area contributed by atoms with Gasteiger partial charge in [-0.25, -0.2) is 0 Å². The van der Waals surface area contributed by atoms with Gasteiger partial charge >= 0.3 is 0 Å². The van der Waals surface area contributed by atoms with Gasteiger partial charge in [0.05, 0.1) is 11.6 Å². The van der Waals surface area contributed by atoms with Gasteiger partial charge in [0.25, 0.3) is 0 Å². The molecular weight excluding hydrogens is 300 g/mol. The Hall–Kier alpha value is -2.24. The summed E-state index contributed by atoms with van der Waals surface area (Å²) in [7, 11) is 4.29. The van der Waals surface area contributed by atoms with E-state index in [0.717, 1.165) is 30.6 Å². The van der Waals surface area contributed by atoms with Gasteiger partial charge in [0, 0.05) is 68.8 Å². The summed E-state index contributed by atoms with van der Waals surface area (Å²) in [6.07, 6.45) is 8.36. The molecule has 0 saturated heterocycles. The maximum absolute atomic E-state index is 10.6. The van der Waals surface area contributed by atoms with Crippen LogP contribution in [-0.2, 0) is 26.4 Å². The van der Waals surface area contributed by atoms with Crippen LogP contribution in [0.4, 0.5) is 0 Å². The van der Waals surface area contributed by atoms with Crippen LogP contribution in [0.1, 0.15) is 28.5 Å². The zero-order chi connectivity index (χ0) is 16.7. The lowest BCUT2D eigenvalue weighted by atomic mass is 10.0. The number of hydrogen-bond acceptors (Lipinski definition) is 4. The molecule has 3 aromatic rings. The lowest BCUT2D eigenvalue weighted by Crippen LogP contribution is -2.26. The van der Waals surface area contributed by atoms with E-state index in [1.54, 1.807) is 12.4 Å². The molecule has 5 nitrogen and oxygen atoms in total. The minimum atomic E-state index is -0.546. The van der Waals surface area contributed by atoms with E-state index >= 15 is 0 Å². The molecule has 3 aromatic heterocycles. The quantitative estimate of drug-likeness (QED) is 0.803. The number of likely N-dealkylation sites (N-methyl/N-ethyl adjacent to an activating group) is 1. The Balaban J connectivity index is 1.77. The monoisotopic (exact) mass is 322 g/mol. The first-order chi connectivity index (χ1) is 11.6. The SMILES string of the molecule is CN1CCc2c(c3cncc(CC(O)c4ccncc4)c3n2C)C1. The number of aryl methyl sites for hydroxylation is 1. The number of rotatable bonds is 3. The molecule has 24 heavy (non-hydrogen) atoms. The normalized spacial score (nSPS) is 16.3. The predicted octanol–water partition coefficient (Wildman–Crippen LogP) is 2.23. The molecule has 1 N–H and O–H groups in total. The fourth-order valence-corrected chi connectivity index (χ4v) is 3.81. The van der Waals surface area contributed by atoms with Crippen LogP contribution in [0.3, 0.4) is 0 Å². The first-order valence-corrected chi connectivity index (χ1v) is 8.34. The molecule has 0 spiro atoms. The third-order valence-electron chi connectivity index (χ3n) is 5.07. The number of pyridine rings is 2. The van der Waals surface area contributed by atoms with Crippen molar-refractivity contribution >= 4 is 10.9 Å². The van der Waals surface area contributed by atoms with E-state index in [2.05, 4.69) is 33.5 Å². The molecule has 0 aromatic carbocycles. The van der Waals surface area contributed by atoms with Gasteiger partial charge < -0.3 is 14.6 Å². The van der Waals surface area contributed by atoms with Gasteiger partial charge in [0.15, 0.2) is 0 Å². The molecule has 124 valence electrons. The predicted molar refractivity (Wildman–Crippen MR) is 93.7 cm³/mol. The molecule has 0 saturated carbocycles. The Kier molecular flexibility index (Phi) is 3.82. The van der Waals surface area contributed by atoms with Crippen molar-refractivity contribution in [2.24, 2.45) is 7.05 Å². The van der Waals surface area contributed by atoms with E-state index in [1.807, 2.05) is 24.5 Å². The summed E-state index contributed by atoms with van der Waals surface area (Å²) in [6.45, 7) is 2.05. The first kappa shape index (κ1) is 15.3. The molecule has 1 aliphatic rings. The fraction of sp³-hybridized carbons (Fsp3) is 0.368. The fourth-order valence-electron chi connectivity index (χ4n) is 3.81. The van der Waals surface area contributed by atoms with E-state index in [4.69, 9.17) is 0 Å². The smallest absolute Gasteiger partial charge is 0.0832 e. The van der Waals surface area contributed by atoms with E-state index < -0.39 is 6.10 Å². The number of aromatic nitrogens is 3. The summed E-state index contributed by atoms with van der Waals surface area (Å²) in [4.78, 5) is 10.8. The third kappa shape index (κ3) is 2.50. The van der Waals surface area contributed by atoms with Crippen molar-refractivity contribution in [1.82, 2.24) is 19.4 Å². The Bertz CT molecular complexity index is 872. The van der Waals surface area contributed by atoms with Crippen LogP contribution in [0.5, 0.6) is 0 Å². The van der Waals surface area contributed by atoms with Gasteiger partial charge in [0.1, 0.15) is 0 Å². The van der Waals surface area contributed by atoms with Gasteiger partial charge in [-0.3, -0.25) is 9.97 Å². The zero-order valence-corrected chi connectivity index (χ0v) is 14.1. The highest BCUT2D eigenvalue weighted by Crippen LogP contribution is 2.32. The molecule has 0 aliphatic carbocycles. The second-order valence-electron chi connectivity index (χ2n) is 6.67. The van der Waals surface area contributed by atoms with Crippen LogP contribution < -0.4 is 0 Å². The lowest BCUT2D eigenvalue weighted by Gasteiger charge is -2.23. The maximum atomic E-state index is 10.6. The third-order valence-corrected chi connectivity index (χ3v) is 5.07. The number of fused-ring (bicyclic) bond motifs is 3. The van der Waals surface area contributed by atoms with Gasteiger partial charge in [-0.05, 0) is 35.9 Å². The van der Waals surface area contributed by atoms with Crippen LogP contribution >= 0.6 is 0 Å². The van der Waals surface area contributed by atoms with Gasteiger partial charge in [-0.15, -0.1) is 0 Å². The van der Waals surface area contributed by atoms with Crippen molar-refractivity contribution in [3.05, 3.63) is 59.3 Å². The molecule has 4 heterocycles. The van der Waals surface area contributed by atoms with Crippen LogP contribution in [0.2, 0.25) is 0 Å². The molecule has 0 fully saturated rings. The molecule has 1 aliphatic heterocycles. The molecular formula is C19H22N4O. The van der Waals surface area contributed by atoms with Gasteiger partial charge in [-0.2, -0.15) is 0 Å². The number of hydrogen-bond donors (Lipinski definition) is 1. The average Bonchev–Trinajstić information content (AvgIpc) is 2.89. The summed E-state index contributed by atoms with van der Waals surface area (Å²) in [6, 6.07) is 3.73. The molecule has 5 heteroatoms. The van der Waals surface area contributed by atoms with Crippen molar-refractivity contribution in [3.8, 4) is 0 Å². The first-order valence-electron chi connectivity index (χ1n) is 8.34. The van der Waals surface area contributed by atoms with Crippen LogP contribution in [0.15, 0.2) is 36.9 Å². The molecule has 0 radical (unpaired) electrons. The molecule has 0 bridgehead atoms. The standard InChI is InChI=1S/C19H22N4O/c1-22-8-5-17-16(12-22)15-11-21-10-14(19(15)23(17)2)9-18(24)13-3-6-20-7-4-13/h3-4,6-7,10-11,18,24H,5,8-9,12H2,1-2H3. The zero-order valence-electron chi connectivity index (χ0n) is 14.1. The Morgan fingerprint density at radius 3 is 2.75 bits per heavy atom. The van der Waals surface area contributed by atoms with Crippen molar-refractivity contribution in [1.29, 1.82) is 0 Å². The number of nitrogens with zero attached hydrogens (tertiary/aromatic N) is 4. The Morgan fingerprint density at radius 2 is 1.96 bits per heavy atom.